The van der Waals surface area contributed by atoms with Gasteiger partial charge < -0.3 is 10.2 Å². The summed E-state index contributed by atoms with van der Waals surface area (Å²) in [6.45, 7) is 7.82. The second-order valence-corrected chi connectivity index (χ2v) is 4.78. The molecular weight excluding hydrogens is 256 g/mol. The molecule has 0 heterocycles. The zero-order chi connectivity index (χ0) is 15.7. The van der Waals surface area contributed by atoms with E-state index in [1.807, 2.05) is 27.7 Å². The lowest BCUT2D eigenvalue weighted by molar-refractivity contribution is -0.136. The lowest BCUT2D eigenvalue weighted by Crippen LogP contribution is -2.17. The van der Waals surface area contributed by atoms with Gasteiger partial charge in [0.1, 0.15) is 0 Å². The van der Waals surface area contributed by atoms with Crippen LogP contribution in [0.25, 0.3) is 0 Å². The van der Waals surface area contributed by atoms with Crippen LogP contribution in [0.3, 0.4) is 0 Å². The highest BCUT2D eigenvalue weighted by Crippen LogP contribution is 2.29. The molecule has 0 aliphatic rings. The second kappa shape index (κ2) is 9.34. The van der Waals surface area contributed by atoms with Gasteiger partial charge in [-0.15, -0.1) is 0 Å². The van der Waals surface area contributed by atoms with Crippen molar-refractivity contribution in [3.05, 3.63) is 22.8 Å². The van der Waals surface area contributed by atoms with Crippen molar-refractivity contribution in [2.24, 2.45) is 5.92 Å². The van der Waals surface area contributed by atoms with Crippen LogP contribution in [0, 0.1) is 5.92 Å². The second-order valence-electron chi connectivity index (χ2n) is 4.78. The Morgan fingerprint density at radius 1 is 1.00 bits per heavy atom. The maximum atomic E-state index is 11.6. The normalized spacial score (nSPS) is 13.3. The summed E-state index contributed by atoms with van der Waals surface area (Å²) >= 11 is 0. The first-order chi connectivity index (χ1) is 9.44. The Morgan fingerprint density at radius 2 is 1.55 bits per heavy atom. The number of hydrogen-bond acceptors (Lipinski definition) is 2. The molecule has 0 amide bonds. The molecule has 0 aliphatic carbocycles. The molecule has 0 atom stereocenters. The van der Waals surface area contributed by atoms with E-state index in [9.17, 15) is 19.8 Å². The van der Waals surface area contributed by atoms with Crippen molar-refractivity contribution in [3.8, 4) is 0 Å². The van der Waals surface area contributed by atoms with Gasteiger partial charge in [-0.2, -0.15) is 0 Å². The topological polar surface area (TPSA) is 74.6 Å². The van der Waals surface area contributed by atoms with Crippen molar-refractivity contribution in [2.45, 2.75) is 59.8 Å². The van der Waals surface area contributed by atoms with E-state index in [0.29, 0.717) is 12.8 Å². The standard InChI is InChI=1S/C16H26O4/c1-5-9-10-13(15(17)18)14(16(19)20)12(8-4)11(6-2)7-3/h10-11H,5-9H2,1-4H3,(H,17,18)(H,19,20). The zero-order valence-electron chi connectivity index (χ0n) is 12.9. The molecule has 0 radical (unpaired) electrons. The predicted molar refractivity (Wildman–Crippen MR) is 79.7 cm³/mol. The average molecular weight is 282 g/mol. The van der Waals surface area contributed by atoms with Crippen molar-refractivity contribution in [1.29, 1.82) is 0 Å². The summed E-state index contributed by atoms with van der Waals surface area (Å²) in [6.07, 6.45) is 5.08. The molecule has 0 rings (SSSR count). The number of carboxylic acid groups (broad SMARTS) is 2. The molecule has 0 bridgehead atoms. The highest BCUT2D eigenvalue weighted by molar-refractivity contribution is 6.06. The van der Waals surface area contributed by atoms with Crippen LogP contribution in [0.2, 0.25) is 0 Å². The van der Waals surface area contributed by atoms with Gasteiger partial charge in [-0.05, 0) is 31.6 Å². The molecule has 0 aromatic rings. The fourth-order valence-corrected chi connectivity index (χ4v) is 2.46. The minimum absolute atomic E-state index is 0.0119. The fourth-order valence-electron chi connectivity index (χ4n) is 2.46. The van der Waals surface area contributed by atoms with Crippen molar-refractivity contribution in [3.63, 3.8) is 0 Å². The first-order valence-electron chi connectivity index (χ1n) is 7.34. The van der Waals surface area contributed by atoms with E-state index < -0.39 is 11.9 Å². The van der Waals surface area contributed by atoms with Crippen molar-refractivity contribution in [1.82, 2.24) is 0 Å². The number of carboxylic acids is 2. The Hall–Kier alpha value is -1.58. The summed E-state index contributed by atoms with van der Waals surface area (Å²) in [5.41, 5.74) is 0.664. The lowest BCUT2D eigenvalue weighted by Gasteiger charge is -2.19. The van der Waals surface area contributed by atoms with Gasteiger partial charge in [0.05, 0.1) is 11.1 Å². The molecule has 2 N–H and O–H groups in total. The van der Waals surface area contributed by atoms with Crippen LogP contribution in [-0.4, -0.2) is 22.2 Å². The highest BCUT2D eigenvalue weighted by atomic mass is 16.4. The molecule has 0 aromatic carbocycles. The third-order valence-electron chi connectivity index (χ3n) is 3.53. The molecule has 4 nitrogen and oxygen atoms in total. The quantitative estimate of drug-likeness (QED) is 0.494. The van der Waals surface area contributed by atoms with E-state index >= 15 is 0 Å². The van der Waals surface area contributed by atoms with Crippen LogP contribution in [0.4, 0.5) is 0 Å². The van der Waals surface area contributed by atoms with Crippen LogP contribution >= 0.6 is 0 Å². The van der Waals surface area contributed by atoms with Gasteiger partial charge in [0.15, 0.2) is 0 Å². The third-order valence-corrected chi connectivity index (χ3v) is 3.53. The number of allylic oxidation sites excluding steroid dienone is 2. The maximum Gasteiger partial charge on any atom is 0.336 e. The Labute approximate surface area is 121 Å². The van der Waals surface area contributed by atoms with E-state index in [0.717, 1.165) is 24.8 Å². The summed E-state index contributed by atoms with van der Waals surface area (Å²) in [5, 5.41) is 18.8. The first-order valence-corrected chi connectivity index (χ1v) is 7.34. The van der Waals surface area contributed by atoms with Crippen molar-refractivity contribution in [2.75, 3.05) is 0 Å². The van der Waals surface area contributed by atoms with Crippen molar-refractivity contribution >= 4 is 11.9 Å². The number of rotatable bonds is 9. The Balaban J connectivity index is 6.02. The molecule has 4 heteroatoms. The minimum atomic E-state index is -1.16. The van der Waals surface area contributed by atoms with Gasteiger partial charge in [-0.1, -0.05) is 45.8 Å². The molecule has 0 aromatic heterocycles. The van der Waals surface area contributed by atoms with Gasteiger partial charge in [-0.3, -0.25) is 0 Å². The predicted octanol–water partition coefficient (Wildman–Crippen LogP) is 4.02. The molecule has 0 aliphatic heterocycles. The number of aliphatic carboxylic acids is 2. The van der Waals surface area contributed by atoms with Gasteiger partial charge in [0, 0.05) is 0 Å². The van der Waals surface area contributed by atoms with Gasteiger partial charge in [0.2, 0.25) is 0 Å². The van der Waals surface area contributed by atoms with Crippen LogP contribution in [0.15, 0.2) is 22.8 Å². The minimum Gasteiger partial charge on any atom is -0.478 e. The van der Waals surface area contributed by atoms with E-state index in [1.165, 1.54) is 6.08 Å². The molecule has 0 saturated carbocycles. The van der Waals surface area contributed by atoms with Crippen molar-refractivity contribution < 1.29 is 19.8 Å². The summed E-state index contributed by atoms with van der Waals surface area (Å²) in [5.74, 6) is -2.18. The lowest BCUT2D eigenvalue weighted by atomic mass is 9.85. The fraction of sp³-hybridized carbons (Fsp3) is 0.625. The van der Waals surface area contributed by atoms with Gasteiger partial charge >= 0.3 is 11.9 Å². The number of unbranched alkanes of at least 4 members (excludes halogenated alkanes) is 1. The van der Waals surface area contributed by atoms with Crippen LogP contribution in [-0.2, 0) is 9.59 Å². The summed E-state index contributed by atoms with van der Waals surface area (Å²) in [6, 6.07) is 0. The van der Waals surface area contributed by atoms with Crippen LogP contribution in [0.1, 0.15) is 59.8 Å². The highest BCUT2D eigenvalue weighted by Gasteiger charge is 2.25. The van der Waals surface area contributed by atoms with Crippen LogP contribution in [0.5, 0.6) is 0 Å². The Kier molecular flexibility index (Phi) is 8.61. The summed E-state index contributed by atoms with van der Waals surface area (Å²) < 4.78 is 0. The van der Waals surface area contributed by atoms with E-state index in [-0.39, 0.29) is 17.1 Å². The van der Waals surface area contributed by atoms with E-state index in [2.05, 4.69) is 0 Å². The monoisotopic (exact) mass is 282 g/mol. The molecular formula is C16H26O4. The van der Waals surface area contributed by atoms with Crippen LogP contribution < -0.4 is 0 Å². The maximum absolute atomic E-state index is 11.6. The number of carbonyl (C=O) groups is 2. The largest absolute Gasteiger partial charge is 0.478 e. The summed E-state index contributed by atoms with van der Waals surface area (Å²) in [4.78, 5) is 23.0. The molecule has 0 spiro atoms. The van der Waals surface area contributed by atoms with Gasteiger partial charge in [-0.25, -0.2) is 9.59 Å². The number of hydrogen-bond donors (Lipinski definition) is 2. The molecule has 0 saturated heterocycles. The first kappa shape index (κ1) is 18.4. The average Bonchev–Trinajstić information content (AvgIpc) is 2.41. The third kappa shape index (κ3) is 4.83. The zero-order valence-corrected chi connectivity index (χ0v) is 12.9. The molecule has 20 heavy (non-hydrogen) atoms. The molecule has 114 valence electrons. The van der Waals surface area contributed by atoms with E-state index in [4.69, 9.17) is 0 Å². The van der Waals surface area contributed by atoms with E-state index in [1.54, 1.807) is 0 Å². The van der Waals surface area contributed by atoms with Gasteiger partial charge in [0.25, 0.3) is 0 Å². The SMILES string of the molecule is CCCC=C(C(=O)O)C(C(=O)O)=C(CC)C(CC)CC. The molecule has 0 unspecified atom stereocenters. The smallest absolute Gasteiger partial charge is 0.336 e. The summed E-state index contributed by atoms with van der Waals surface area (Å²) in [7, 11) is 0. The Bertz CT molecular complexity index is 401. The molecule has 0 fully saturated rings. The Morgan fingerprint density at radius 3 is 1.85 bits per heavy atom.